The van der Waals surface area contributed by atoms with Gasteiger partial charge in [-0.3, -0.25) is 4.98 Å². The van der Waals surface area contributed by atoms with E-state index < -0.39 is 0 Å². The largest absolute Gasteiger partial charge is 0.507 e. The molecule has 1 fully saturated rings. The maximum absolute atomic E-state index is 10.7. The Labute approximate surface area is 209 Å². The third-order valence-corrected chi connectivity index (χ3v) is 6.41. The van der Waals surface area contributed by atoms with Crippen LogP contribution in [0.25, 0.3) is 39.3 Å². The Hall–Kier alpha value is -3.81. The van der Waals surface area contributed by atoms with Gasteiger partial charge < -0.3 is 14.4 Å². The van der Waals surface area contributed by atoms with Crippen LogP contribution in [0.1, 0.15) is 17.3 Å². The van der Waals surface area contributed by atoms with Crippen molar-refractivity contribution in [2.75, 3.05) is 20.1 Å². The van der Waals surface area contributed by atoms with Gasteiger partial charge in [-0.05, 0) is 43.8 Å². The lowest BCUT2D eigenvalue weighted by Crippen LogP contribution is -2.42. The monoisotopic (exact) mass is 484 g/mol. The number of aryl methyl sites for hydroxylation is 1. The first-order valence-electron chi connectivity index (χ1n) is 11.3. The second kappa shape index (κ2) is 9.09. The molecule has 4 heterocycles. The topological polar surface area (TPSA) is 79.4 Å². The number of aromatic nitrogens is 5. The SMILES string of the molecule is Cc1cn2cc(-c3ccc(-c4ccc(C5CN(C)C5)nn4)c(-c4ccccc4O)c3)ncc2n1.Cl. The maximum atomic E-state index is 10.7. The number of hydrogen-bond acceptors (Lipinski definition) is 6. The molecule has 0 unspecified atom stereocenters. The van der Waals surface area contributed by atoms with Crippen LogP contribution in [0.15, 0.2) is 73.2 Å². The van der Waals surface area contributed by atoms with Crippen LogP contribution in [0.5, 0.6) is 5.75 Å². The summed E-state index contributed by atoms with van der Waals surface area (Å²) >= 11 is 0. The Morgan fingerprint density at radius 1 is 0.886 bits per heavy atom. The zero-order valence-electron chi connectivity index (χ0n) is 19.5. The molecule has 0 spiro atoms. The molecular weight excluding hydrogens is 460 g/mol. The first-order chi connectivity index (χ1) is 16.5. The molecule has 1 aliphatic heterocycles. The lowest BCUT2D eigenvalue weighted by atomic mass is 9.93. The molecule has 8 heteroatoms. The highest BCUT2D eigenvalue weighted by Crippen LogP contribution is 2.38. The Morgan fingerprint density at radius 2 is 1.71 bits per heavy atom. The van der Waals surface area contributed by atoms with Gasteiger partial charge in [-0.1, -0.05) is 30.3 Å². The minimum atomic E-state index is 0. The molecule has 0 atom stereocenters. The van der Waals surface area contributed by atoms with Crippen molar-refractivity contribution in [1.82, 2.24) is 29.5 Å². The van der Waals surface area contributed by atoms with Gasteiger partial charge in [0.25, 0.3) is 0 Å². The minimum absolute atomic E-state index is 0. The summed E-state index contributed by atoms with van der Waals surface area (Å²) < 4.78 is 1.98. The molecule has 6 rings (SSSR count). The van der Waals surface area contributed by atoms with Crippen LogP contribution in [-0.2, 0) is 0 Å². The van der Waals surface area contributed by atoms with Crippen molar-refractivity contribution < 1.29 is 5.11 Å². The number of halogens is 1. The van der Waals surface area contributed by atoms with Crippen LogP contribution in [0.4, 0.5) is 0 Å². The van der Waals surface area contributed by atoms with Crippen molar-refractivity contribution in [2.45, 2.75) is 12.8 Å². The van der Waals surface area contributed by atoms with E-state index in [9.17, 15) is 5.11 Å². The Kier molecular flexibility index (Phi) is 5.96. The van der Waals surface area contributed by atoms with Gasteiger partial charge in [0.15, 0.2) is 5.65 Å². The summed E-state index contributed by atoms with van der Waals surface area (Å²) in [4.78, 5) is 11.4. The van der Waals surface area contributed by atoms with Crippen LogP contribution in [0.3, 0.4) is 0 Å². The van der Waals surface area contributed by atoms with E-state index in [2.05, 4.69) is 44.2 Å². The molecule has 1 aliphatic rings. The average Bonchev–Trinajstić information content (AvgIpc) is 3.21. The second-order valence-corrected chi connectivity index (χ2v) is 8.96. The third-order valence-electron chi connectivity index (χ3n) is 6.41. The smallest absolute Gasteiger partial charge is 0.155 e. The van der Waals surface area contributed by atoms with E-state index in [-0.39, 0.29) is 18.2 Å². The molecule has 3 aromatic heterocycles. The number of para-hydroxylation sites is 1. The molecular formula is C27H25ClN6O. The van der Waals surface area contributed by atoms with Crippen molar-refractivity contribution in [2.24, 2.45) is 0 Å². The van der Waals surface area contributed by atoms with E-state index in [1.54, 1.807) is 12.3 Å². The summed E-state index contributed by atoms with van der Waals surface area (Å²) in [6.07, 6.45) is 5.73. The molecule has 1 saturated heterocycles. The molecule has 0 aliphatic carbocycles. The van der Waals surface area contributed by atoms with Crippen molar-refractivity contribution in [3.05, 3.63) is 84.6 Å². The quantitative estimate of drug-likeness (QED) is 0.387. The zero-order chi connectivity index (χ0) is 23.2. The number of likely N-dealkylation sites (tertiary alicyclic amines) is 1. The zero-order valence-corrected chi connectivity index (χ0v) is 20.3. The Morgan fingerprint density at radius 3 is 2.46 bits per heavy atom. The molecule has 0 amide bonds. The number of hydrogen-bond donors (Lipinski definition) is 1. The summed E-state index contributed by atoms with van der Waals surface area (Å²) in [5, 5.41) is 19.7. The predicted octanol–water partition coefficient (Wildman–Crippen LogP) is 4.99. The number of aromatic hydroxyl groups is 1. The van der Waals surface area contributed by atoms with Gasteiger partial charge in [-0.15, -0.1) is 12.4 Å². The summed E-state index contributed by atoms with van der Waals surface area (Å²) in [7, 11) is 2.11. The normalized spacial score (nSPS) is 14.0. The number of imidazole rings is 1. The van der Waals surface area contributed by atoms with Crippen LogP contribution in [-0.4, -0.2) is 54.7 Å². The molecule has 176 valence electrons. The van der Waals surface area contributed by atoms with Gasteiger partial charge in [0.1, 0.15) is 5.75 Å². The Balaban J connectivity index is 0.00000253. The Bertz CT molecular complexity index is 1510. The number of phenolic OH excluding ortho intramolecular Hbond substituents is 1. The highest BCUT2D eigenvalue weighted by atomic mass is 35.5. The summed E-state index contributed by atoms with van der Waals surface area (Å²) in [5.74, 6) is 0.663. The number of phenols is 1. The van der Waals surface area contributed by atoms with E-state index in [4.69, 9.17) is 0 Å². The van der Waals surface area contributed by atoms with Crippen molar-refractivity contribution >= 4 is 18.1 Å². The minimum Gasteiger partial charge on any atom is -0.507 e. The first-order valence-corrected chi connectivity index (χ1v) is 11.3. The van der Waals surface area contributed by atoms with E-state index in [0.717, 1.165) is 63.8 Å². The van der Waals surface area contributed by atoms with Gasteiger partial charge in [0.05, 0.1) is 29.0 Å². The van der Waals surface area contributed by atoms with Crippen LogP contribution < -0.4 is 0 Å². The van der Waals surface area contributed by atoms with Gasteiger partial charge in [-0.25, -0.2) is 4.98 Å². The molecule has 1 N–H and O–H groups in total. The molecule has 5 aromatic rings. The number of nitrogens with zero attached hydrogens (tertiary/aromatic N) is 6. The summed E-state index contributed by atoms with van der Waals surface area (Å²) in [6.45, 7) is 3.99. The lowest BCUT2D eigenvalue weighted by molar-refractivity contribution is 0.186. The van der Waals surface area contributed by atoms with Crippen LogP contribution in [0, 0.1) is 6.92 Å². The fourth-order valence-electron chi connectivity index (χ4n) is 4.62. The van der Waals surface area contributed by atoms with Crippen molar-refractivity contribution in [3.8, 4) is 39.4 Å². The predicted molar refractivity (Wildman–Crippen MR) is 139 cm³/mol. The second-order valence-electron chi connectivity index (χ2n) is 8.96. The van der Waals surface area contributed by atoms with Gasteiger partial charge in [0.2, 0.25) is 0 Å². The number of benzene rings is 2. The first kappa shape index (κ1) is 23.0. The molecule has 7 nitrogen and oxygen atoms in total. The molecule has 2 aromatic carbocycles. The van der Waals surface area contributed by atoms with Gasteiger partial charge >= 0.3 is 0 Å². The summed E-state index contributed by atoms with van der Waals surface area (Å²) in [5.41, 5.74) is 7.85. The lowest BCUT2D eigenvalue weighted by Gasteiger charge is -2.35. The number of likely N-dealkylation sites (N-methyl/N-ethyl adjacent to an activating group) is 1. The standard InChI is InChI=1S/C27H24N6O.ClH/c1-17-13-33-16-25(28-12-27(33)29-17)18-7-8-20(22(11-18)21-5-3-4-6-26(21)34)24-10-9-23(30-31-24)19-14-32(2)15-19;/h3-13,16,19,34H,14-15H2,1-2H3;1H. The molecule has 0 bridgehead atoms. The summed E-state index contributed by atoms with van der Waals surface area (Å²) in [6, 6.07) is 17.6. The number of rotatable bonds is 4. The van der Waals surface area contributed by atoms with E-state index in [0.29, 0.717) is 5.92 Å². The van der Waals surface area contributed by atoms with Crippen LogP contribution >= 0.6 is 12.4 Å². The van der Waals surface area contributed by atoms with Crippen molar-refractivity contribution in [3.63, 3.8) is 0 Å². The van der Waals surface area contributed by atoms with E-state index in [1.165, 1.54) is 0 Å². The van der Waals surface area contributed by atoms with E-state index in [1.807, 2.05) is 60.1 Å². The molecule has 35 heavy (non-hydrogen) atoms. The fourth-order valence-corrected chi connectivity index (χ4v) is 4.62. The molecule has 0 saturated carbocycles. The average molecular weight is 485 g/mol. The molecule has 0 radical (unpaired) electrons. The van der Waals surface area contributed by atoms with E-state index >= 15 is 0 Å². The van der Waals surface area contributed by atoms with Gasteiger partial charge in [0, 0.05) is 48.1 Å². The third kappa shape index (κ3) is 4.24. The van der Waals surface area contributed by atoms with Gasteiger partial charge in [-0.2, -0.15) is 10.2 Å². The maximum Gasteiger partial charge on any atom is 0.155 e. The van der Waals surface area contributed by atoms with Crippen LogP contribution in [0.2, 0.25) is 0 Å². The highest BCUT2D eigenvalue weighted by molar-refractivity contribution is 5.87. The highest BCUT2D eigenvalue weighted by Gasteiger charge is 2.26. The van der Waals surface area contributed by atoms with Crippen molar-refractivity contribution in [1.29, 1.82) is 0 Å². The number of fused-ring (bicyclic) bond motifs is 1. The fraction of sp³-hybridized carbons (Fsp3) is 0.185.